The van der Waals surface area contributed by atoms with Crippen LogP contribution in [-0.4, -0.2) is 12.1 Å². The minimum Gasteiger partial charge on any atom is -0.336 e. The Labute approximate surface area is 116 Å². The van der Waals surface area contributed by atoms with Crippen molar-refractivity contribution >= 4 is 6.03 Å². The molecule has 1 rings (SSSR count). The summed E-state index contributed by atoms with van der Waals surface area (Å²) < 4.78 is 0. The second-order valence-electron chi connectivity index (χ2n) is 5.63. The number of hydrogen-bond acceptors (Lipinski definition) is 1. The number of aryl methyl sites for hydroxylation is 1. The Bertz CT molecular complexity index is 401. The van der Waals surface area contributed by atoms with E-state index in [0.29, 0.717) is 12.5 Å². The lowest BCUT2D eigenvalue weighted by molar-refractivity contribution is 0.236. The molecule has 1 unspecified atom stereocenters. The Hall–Kier alpha value is -1.51. The Balaban J connectivity index is 2.30. The van der Waals surface area contributed by atoms with Gasteiger partial charge >= 0.3 is 6.03 Å². The Morgan fingerprint density at radius 3 is 2.47 bits per heavy atom. The zero-order valence-electron chi connectivity index (χ0n) is 12.5. The van der Waals surface area contributed by atoms with Crippen LogP contribution < -0.4 is 10.6 Å². The molecule has 0 aliphatic rings. The molecule has 0 aliphatic heterocycles. The molecule has 0 spiro atoms. The predicted molar refractivity (Wildman–Crippen MR) is 80.1 cm³/mol. The molecule has 0 bridgehead atoms. The Morgan fingerprint density at radius 2 is 1.84 bits per heavy atom. The van der Waals surface area contributed by atoms with Crippen LogP contribution in [0.3, 0.4) is 0 Å². The molecule has 0 aliphatic carbocycles. The molecule has 2 N–H and O–H groups in total. The second-order valence-corrected chi connectivity index (χ2v) is 5.63. The van der Waals surface area contributed by atoms with Gasteiger partial charge in [-0.05, 0) is 43.7 Å². The largest absolute Gasteiger partial charge is 0.336 e. The molecule has 0 saturated heterocycles. The van der Waals surface area contributed by atoms with E-state index in [2.05, 4.69) is 44.4 Å². The number of amides is 2. The molecule has 1 atom stereocenters. The lowest BCUT2D eigenvalue weighted by atomic mass is 10.0. The van der Waals surface area contributed by atoms with Crippen LogP contribution in [0.2, 0.25) is 0 Å². The van der Waals surface area contributed by atoms with Gasteiger partial charge in [-0.25, -0.2) is 4.79 Å². The molecule has 3 nitrogen and oxygen atoms in total. The summed E-state index contributed by atoms with van der Waals surface area (Å²) in [5.74, 6) is 0.680. The lowest BCUT2D eigenvalue weighted by Crippen LogP contribution is -2.40. The van der Waals surface area contributed by atoms with Crippen molar-refractivity contribution < 1.29 is 4.79 Å². The van der Waals surface area contributed by atoms with Gasteiger partial charge in [-0.15, -0.1) is 0 Å². The topological polar surface area (TPSA) is 41.1 Å². The monoisotopic (exact) mass is 262 g/mol. The third-order valence-electron chi connectivity index (χ3n) is 3.26. The van der Waals surface area contributed by atoms with Crippen molar-refractivity contribution in [3.63, 3.8) is 0 Å². The van der Waals surface area contributed by atoms with Gasteiger partial charge in [0.1, 0.15) is 0 Å². The van der Waals surface area contributed by atoms with Crippen LogP contribution in [0.1, 0.15) is 44.7 Å². The molecular weight excluding hydrogens is 236 g/mol. The van der Waals surface area contributed by atoms with E-state index in [1.807, 2.05) is 18.2 Å². The first kappa shape index (κ1) is 15.5. The Kier molecular flexibility index (Phi) is 6.40. The number of rotatable bonds is 6. The van der Waals surface area contributed by atoms with Gasteiger partial charge in [-0.2, -0.15) is 0 Å². The van der Waals surface area contributed by atoms with Gasteiger partial charge in [0.25, 0.3) is 0 Å². The van der Waals surface area contributed by atoms with Gasteiger partial charge in [0.05, 0.1) is 0 Å². The van der Waals surface area contributed by atoms with Gasteiger partial charge in [0.15, 0.2) is 0 Å². The standard InChI is InChI=1S/C16H26N2O/c1-12(2)9-10-14(4)18-16(19)17-11-15-8-6-5-7-13(15)3/h5-8,12,14H,9-11H2,1-4H3,(H2,17,18,19). The maximum absolute atomic E-state index is 11.8. The van der Waals surface area contributed by atoms with E-state index in [0.717, 1.165) is 18.4 Å². The lowest BCUT2D eigenvalue weighted by Gasteiger charge is -2.16. The van der Waals surface area contributed by atoms with Crippen LogP contribution in [0.25, 0.3) is 0 Å². The molecular formula is C16H26N2O. The average molecular weight is 262 g/mol. The molecule has 0 saturated carbocycles. The van der Waals surface area contributed by atoms with Gasteiger partial charge in [0, 0.05) is 12.6 Å². The summed E-state index contributed by atoms with van der Waals surface area (Å²) in [6, 6.07) is 8.23. The second kappa shape index (κ2) is 7.82. The van der Waals surface area contributed by atoms with E-state index < -0.39 is 0 Å². The summed E-state index contributed by atoms with van der Waals surface area (Å²) in [6.45, 7) is 9.08. The third kappa shape index (κ3) is 6.27. The highest BCUT2D eigenvalue weighted by molar-refractivity contribution is 5.74. The first-order chi connectivity index (χ1) is 8.99. The van der Waals surface area contributed by atoms with Crippen LogP contribution in [0.15, 0.2) is 24.3 Å². The molecule has 106 valence electrons. The SMILES string of the molecule is Cc1ccccc1CNC(=O)NC(C)CCC(C)C. The molecule has 0 radical (unpaired) electrons. The Morgan fingerprint density at radius 1 is 1.16 bits per heavy atom. The first-order valence-electron chi connectivity index (χ1n) is 7.08. The van der Waals surface area contributed by atoms with E-state index in [9.17, 15) is 4.79 Å². The summed E-state index contributed by atoms with van der Waals surface area (Å²) in [5.41, 5.74) is 2.36. The van der Waals surface area contributed by atoms with Gasteiger partial charge in [-0.1, -0.05) is 38.1 Å². The van der Waals surface area contributed by atoms with Gasteiger partial charge in [-0.3, -0.25) is 0 Å². The number of hydrogen-bond donors (Lipinski definition) is 2. The molecule has 19 heavy (non-hydrogen) atoms. The van der Waals surface area contributed by atoms with Crippen molar-refractivity contribution in [3.05, 3.63) is 35.4 Å². The van der Waals surface area contributed by atoms with E-state index in [1.165, 1.54) is 5.56 Å². The fourth-order valence-corrected chi connectivity index (χ4v) is 1.91. The van der Waals surface area contributed by atoms with Gasteiger partial charge in [0.2, 0.25) is 0 Å². The van der Waals surface area contributed by atoms with Crippen molar-refractivity contribution in [2.24, 2.45) is 5.92 Å². The summed E-state index contributed by atoms with van der Waals surface area (Å²) in [4.78, 5) is 11.8. The summed E-state index contributed by atoms with van der Waals surface area (Å²) in [7, 11) is 0. The highest BCUT2D eigenvalue weighted by atomic mass is 16.2. The molecule has 2 amide bonds. The zero-order valence-corrected chi connectivity index (χ0v) is 12.5. The van der Waals surface area contributed by atoms with E-state index >= 15 is 0 Å². The van der Waals surface area contributed by atoms with Crippen LogP contribution >= 0.6 is 0 Å². The van der Waals surface area contributed by atoms with Crippen molar-refractivity contribution in [1.29, 1.82) is 0 Å². The molecule has 1 aromatic carbocycles. The van der Waals surface area contributed by atoms with E-state index in [-0.39, 0.29) is 12.1 Å². The van der Waals surface area contributed by atoms with Crippen LogP contribution in [-0.2, 0) is 6.54 Å². The highest BCUT2D eigenvalue weighted by Gasteiger charge is 2.08. The zero-order chi connectivity index (χ0) is 14.3. The first-order valence-corrected chi connectivity index (χ1v) is 7.08. The minimum atomic E-state index is -0.0838. The fraction of sp³-hybridized carbons (Fsp3) is 0.562. The molecule has 1 aromatic rings. The van der Waals surface area contributed by atoms with E-state index in [4.69, 9.17) is 0 Å². The van der Waals surface area contributed by atoms with Crippen LogP contribution in [0.4, 0.5) is 4.79 Å². The van der Waals surface area contributed by atoms with E-state index in [1.54, 1.807) is 0 Å². The smallest absolute Gasteiger partial charge is 0.315 e. The predicted octanol–water partition coefficient (Wildman–Crippen LogP) is 3.62. The van der Waals surface area contributed by atoms with Crippen molar-refractivity contribution in [3.8, 4) is 0 Å². The number of benzene rings is 1. The third-order valence-corrected chi connectivity index (χ3v) is 3.26. The molecule has 0 aromatic heterocycles. The molecule has 3 heteroatoms. The average Bonchev–Trinajstić information content (AvgIpc) is 2.35. The number of carbonyl (C=O) groups is 1. The summed E-state index contributed by atoms with van der Waals surface area (Å²) >= 11 is 0. The van der Waals surface area contributed by atoms with Crippen molar-refractivity contribution in [2.45, 2.75) is 53.1 Å². The quantitative estimate of drug-likeness (QED) is 0.807. The molecule has 0 fully saturated rings. The van der Waals surface area contributed by atoms with Gasteiger partial charge < -0.3 is 10.6 Å². The summed E-state index contributed by atoms with van der Waals surface area (Å²) in [6.07, 6.45) is 2.16. The van der Waals surface area contributed by atoms with Crippen molar-refractivity contribution in [2.75, 3.05) is 0 Å². The van der Waals surface area contributed by atoms with Crippen LogP contribution in [0.5, 0.6) is 0 Å². The normalized spacial score (nSPS) is 12.3. The number of nitrogens with one attached hydrogen (secondary N) is 2. The maximum Gasteiger partial charge on any atom is 0.315 e. The van der Waals surface area contributed by atoms with Crippen LogP contribution in [0, 0.1) is 12.8 Å². The van der Waals surface area contributed by atoms with Crippen molar-refractivity contribution in [1.82, 2.24) is 10.6 Å². The molecule has 0 heterocycles. The minimum absolute atomic E-state index is 0.0838. The maximum atomic E-state index is 11.8. The number of urea groups is 1. The fourth-order valence-electron chi connectivity index (χ4n) is 1.91. The highest BCUT2D eigenvalue weighted by Crippen LogP contribution is 2.07. The summed E-state index contributed by atoms with van der Waals surface area (Å²) in [5, 5.41) is 5.88. The number of carbonyl (C=O) groups excluding carboxylic acids is 1.